The lowest BCUT2D eigenvalue weighted by molar-refractivity contribution is 0.468. The van der Waals surface area contributed by atoms with Crippen molar-refractivity contribution in [2.75, 3.05) is 0 Å². The highest BCUT2D eigenvalue weighted by Crippen LogP contribution is 2.15. The molecule has 0 bridgehead atoms. The van der Waals surface area contributed by atoms with Crippen molar-refractivity contribution < 1.29 is 5.11 Å². The van der Waals surface area contributed by atoms with Crippen molar-refractivity contribution in [2.24, 2.45) is 4.99 Å². The van der Waals surface area contributed by atoms with Gasteiger partial charge in [0.25, 0.3) is 0 Å². The molecular weight excluding hydrogens is 138 g/mol. The molecule has 2 nitrogen and oxygen atoms in total. The van der Waals surface area contributed by atoms with E-state index in [4.69, 9.17) is 0 Å². The molecule has 2 heteroatoms. The molecule has 58 valence electrons. The molecule has 0 fully saturated rings. The molecule has 0 aliphatic heterocycles. The third kappa shape index (κ3) is 2.08. The van der Waals surface area contributed by atoms with E-state index in [1.807, 2.05) is 19.1 Å². The molecule has 1 aromatic carbocycles. The smallest absolute Gasteiger partial charge is 0.120 e. The van der Waals surface area contributed by atoms with Crippen molar-refractivity contribution in [1.82, 2.24) is 0 Å². The van der Waals surface area contributed by atoms with Gasteiger partial charge in [0.15, 0.2) is 0 Å². The van der Waals surface area contributed by atoms with Crippen LogP contribution in [0.3, 0.4) is 0 Å². The molecule has 0 radical (unpaired) electrons. The molecule has 0 heterocycles. The summed E-state index contributed by atoms with van der Waals surface area (Å²) in [5, 5.41) is 9.26. The largest absolute Gasteiger partial charge is 0.508 e. The summed E-state index contributed by atoms with van der Waals surface area (Å²) < 4.78 is 0. The third-order valence-electron chi connectivity index (χ3n) is 1.44. The van der Waals surface area contributed by atoms with Gasteiger partial charge in [0.05, 0.1) is 6.54 Å². The van der Waals surface area contributed by atoms with Crippen LogP contribution in [0, 0.1) is 0 Å². The van der Waals surface area contributed by atoms with Crippen molar-refractivity contribution in [3.05, 3.63) is 29.8 Å². The van der Waals surface area contributed by atoms with Crippen LogP contribution in [0.15, 0.2) is 29.3 Å². The Morgan fingerprint density at radius 3 is 2.82 bits per heavy atom. The Hall–Kier alpha value is -1.31. The summed E-state index contributed by atoms with van der Waals surface area (Å²) in [5.41, 5.74) is 0.866. The van der Waals surface area contributed by atoms with Gasteiger partial charge in [-0.2, -0.15) is 0 Å². The van der Waals surface area contributed by atoms with Crippen LogP contribution in [0.4, 0.5) is 0 Å². The molecule has 0 aromatic heterocycles. The lowest BCUT2D eigenvalue weighted by Gasteiger charge is -1.98. The predicted molar refractivity (Wildman–Crippen MR) is 46.0 cm³/mol. The van der Waals surface area contributed by atoms with Crippen LogP contribution in [0.1, 0.15) is 12.5 Å². The van der Waals surface area contributed by atoms with Gasteiger partial charge in [0.2, 0.25) is 0 Å². The van der Waals surface area contributed by atoms with E-state index >= 15 is 0 Å². The summed E-state index contributed by atoms with van der Waals surface area (Å²) >= 11 is 0. The molecule has 0 aliphatic rings. The van der Waals surface area contributed by atoms with Gasteiger partial charge in [-0.15, -0.1) is 0 Å². The average Bonchev–Trinajstić information content (AvgIpc) is 2.03. The number of hydrogen-bond donors (Lipinski definition) is 1. The van der Waals surface area contributed by atoms with E-state index in [0.717, 1.165) is 5.56 Å². The van der Waals surface area contributed by atoms with Gasteiger partial charge in [0, 0.05) is 5.56 Å². The van der Waals surface area contributed by atoms with Crippen LogP contribution in [0.2, 0.25) is 0 Å². The maximum atomic E-state index is 9.26. The highest BCUT2D eigenvalue weighted by molar-refractivity contribution is 5.53. The molecule has 0 amide bonds. The van der Waals surface area contributed by atoms with E-state index in [1.165, 1.54) is 0 Å². The molecule has 1 rings (SSSR count). The lowest BCUT2D eigenvalue weighted by Crippen LogP contribution is -1.81. The normalized spacial score (nSPS) is 10.6. The van der Waals surface area contributed by atoms with Gasteiger partial charge in [-0.3, -0.25) is 4.99 Å². The minimum Gasteiger partial charge on any atom is -0.508 e. The summed E-state index contributed by atoms with van der Waals surface area (Å²) in [7, 11) is 0. The number of phenols is 1. The van der Waals surface area contributed by atoms with Crippen molar-refractivity contribution in [1.29, 1.82) is 0 Å². The topological polar surface area (TPSA) is 32.6 Å². The Morgan fingerprint density at radius 1 is 1.45 bits per heavy atom. The highest BCUT2D eigenvalue weighted by Gasteiger charge is 1.95. The van der Waals surface area contributed by atoms with Gasteiger partial charge >= 0.3 is 0 Å². The minimum absolute atomic E-state index is 0.318. The van der Waals surface area contributed by atoms with E-state index in [-0.39, 0.29) is 0 Å². The molecule has 0 spiro atoms. The SMILES string of the molecule is C/C=N/Cc1ccccc1O. The Kier molecular flexibility index (Phi) is 2.66. The molecule has 1 aromatic rings. The van der Waals surface area contributed by atoms with Gasteiger partial charge in [-0.05, 0) is 19.2 Å². The molecule has 0 aliphatic carbocycles. The van der Waals surface area contributed by atoms with E-state index in [1.54, 1.807) is 18.3 Å². The van der Waals surface area contributed by atoms with E-state index in [9.17, 15) is 5.11 Å². The molecule has 0 unspecified atom stereocenters. The zero-order valence-electron chi connectivity index (χ0n) is 6.49. The quantitative estimate of drug-likeness (QED) is 0.641. The van der Waals surface area contributed by atoms with Crippen molar-refractivity contribution in [3.63, 3.8) is 0 Å². The fourth-order valence-corrected chi connectivity index (χ4v) is 0.834. The van der Waals surface area contributed by atoms with E-state index < -0.39 is 0 Å². The number of benzene rings is 1. The summed E-state index contributed by atoms with van der Waals surface area (Å²) in [6, 6.07) is 7.22. The van der Waals surface area contributed by atoms with Crippen LogP contribution in [-0.2, 0) is 6.54 Å². The van der Waals surface area contributed by atoms with E-state index in [0.29, 0.717) is 12.3 Å². The van der Waals surface area contributed by atoms with Crippen LogP contribution in [-0.4, -0.2) is 11.3 Å². The van der Waals surface area contributed by atoms with Gasteiger partial charge in [0.1, 0.15) is 5.75 Å². The first-order chi connectivity index (χ1) is 5.34. The summed E-state index contributed by atoms with van der Waals surface area (Å²) in [6.45, 7) is 2.42. The first-order valence-corrected chi connectivity index (χ1v) is 3.56. The molecule has 0 atom stereocenters. The Labute approximate surface area is 66.2 Å². The van der Waals surface area contributed by atoms with Gasteiger partial charge < -0.3 is 5.11 Å². The Morgan fingerprint density at radius 2 is 2.18 bits per heavy atom. The van der Waals surface area contributed by atoms with Crippen LogP contribution >= 0.6 is 0 Å². The first-order valence-electron chi connectivity index (χ1n) is 3.56. The summed E-state index contributed by atoms with van der Waals surface area (Å²) in [5.74, 6) is 0.318. The second-order valence-corrected chi connectivity index (χ2v) is 2.23. The fourth-order valence-electron chi connectivity index (χ4n) is 0.834. The second kappa shape index (κ2) is 3.76. The molecule has 0 saturated heterocycles. The average molecular weight is 149 g/mol. The zero-order valence-corrected chi connectivity index (χ0v) is 6.49. The standard InChI is InChI=1S/C9H11NO/c1-2-10-7-8-5-3-4-6-9(8)11/h2-6,11H,7H2,1H3/b10-2+. The Bertz CT molecular complexity index is 255. The monoisotopic (exact) mass is 149 g/mol. The number of aromatic hydroxyl groups is 1. The van der Waals surface area contributed by atoms with Crippen LogP contribution in [0.25, 0.3) is 0 Å². The third-order valence-corrected chi connectivity index (χ3v) is 1.44. The van der Waals surface area contributed by atoms with Crippen molar-refractivity contribution in [2.45, 2.75) is 13.5 Å². The number of rotatable bonds is 2. The second-order valence-electron chi connectivity index (χ2n) is 2.23. The molecular formula is C9H11NO. The van der Waals surface area contributed by atoms with Crippen molar-refractivity contribution in [3.8, 4) is 5.75 Å². The van der Waals surface area contributed by atoms with Gasteiger partial charge in [-0.1, -0.05) is 18.2 Å². The predicted octanol–water partition coefficient (Wildman–Crippen LogP) is 1.98. The van der Waals surface area contributed by atoms with Gasteiger partial charge in [-0.25, -0.2) is 0 Å². The highest BCUT2D eigenvalue weighted by atomic mass is 16.3. The maximum Gasteiger partial charge on any atom is 0.120 e. The number of aliphatic imine (C=N–C) groups is 1. The minimum atomic E-state index is 0.318. The zero-order chi connectivity index (χ0) is 8.10. The van der Waals surface area contributed by atoms with Crippen LogP contribution < -0.4 is 0 Å². The molecule has 1 N–H and O–H groups in total. The summed E-state index contributed by atoms with van der Waals surface area (Å²) in [6.07, 6.45) is 1.73. The lowest BCUT2D eigenvalue weighted by atomic mass is 10.2. The Balaban J connectivity index is 2.77. The molecule has 11 heavy (non-hydrogen) atoms. The van der Waals surface area contributed by atoms with Crippen molar-refractivity contribution >= 4 is 6.21 Å². The number of para-hydroxylation sites is 1. The first kappa shape index (κ1) is 7.79. The number of phenolic OH excluding ortho intramolecular Hbond substituents is 1. The fraction of sp³-hybridized carbons (Fsp3) is 0.222. The maximum absolute atomic E-state index is 9.26. The number of hydrogen-bond acceptors (Lipinski definition) is 2. The van der Waals surface area contributed by atoms with E-state index in [2.05, 4.69) is 4.99 Å². The summed E-state index contributed by atoms with van der Waals surface area (Å²) in [4.78, 5) is 4.02. The van der Waals surface area contributed by atoms with Crippen LogP contribution in [0.5, 0.6) is 5.75 Å². The molecule has 0 saturated carbocycles. The number of nitrogens with zero attached hydrogens (tertiary/aromatic N) is 1.